The highest BCUT2D eigenvalue weighted by molar-refractivity contribution is 9.10. The van der Waals surface area contributed by atoms with Gasteiger partial charge in [0.2, 0.25) is 0 Å². The molecule has 0 aliphatic heterocycles. The summed E-state index contributed by atoms with van der Waals surface area (Å²) in [5.74, 6) is 1.07. The number of hydrogen-bond acceptors (Lipinski definition) is 2. The lowest BCUT2D eigenvalue weighted by atomic mass is 10.1. The fraction of sp³-hybridized carbons (Fsp3) is 0.125. The summed E-state index contributed by atoms with van der Waals surface area (Å²) in [6, 6.07) is 13.6. The smallest absolute Gasteiger partial charge is 0.129 e. The summed E-state index contributed by atoms with van der Waals surface area (Å²) in [6.07, 6.45) is 0. The molecule has 0 radical (unpaired) electrons. The topological polar surface area (TPSA) is 41.6 Å². The molecule has 104 valence electrons. The number of alkyl halides is 1. The minimum absolute atomic E-state index is 0.308. The first kappa shape index (κ1) is 14.1. The zero-order valence-corrected chi connectivity index (χ0v) is 13.6. The van der Waals surface area contributed by atoms with Gasteiger partial charge in [-0.05, 0) is 42.8 Å². The van der Waals surface area contributed by atoms with Crippen LogP contribution in [0.2, 0.25) is 0 Å². The molecule has 0 amide bonds. The third-order valence-corrected chi connectivity index (χ3v) is 4.55. The summed E-state index contributed by atoms with van der Waals surface area (Å²) in [7, 11) is 0. The maximum Gasteiger partial charge on any atom is 0.129 e. The van der Waals surface area contributed by atoms with E-state index in [1.165, 1.54) is 0 Å². The van der Waals surface area contributed by atoms with Gasteiger partial charge in [0.05, 0.1) is 34.2 Å². The number of benzene rings is 2. The molecule has 5 heteroatoms. The first-order valence-electron chi connectivity index (χ1n) is 6.38. The quantitative estimate of drug-likeness (QED) is 0.621. The fourth-order valence-corrected chi connectivity index (χ4v) is 2.93. The van der Waals surface area contributed by atoms with Crippen LogP contribution >= 0.6 is 27.5 Å². The molecule has 0 saturated heterocycles. The van der Waals surface area contributed by atoms with E-state index >= 15 is 0 Å². The first-order valence-corrected chi connectivity index (χ1v) is 7.71. The molecule has 0 bridgehead atoms. The molecule has 21 heavy (non-hydrogen) atoms. The average Bonchev–Trinajstić information content (AvgIpc) is 2.87. The number of halogens is 2. The molecule has 0 fully saturated rings. The van der Waals surface area contributed by atoms with Gasteiger partial charge in [-0.25, -0.2) is 4.98 Å². The van der Waals surface area contributed by atoms with Gasteiger partial charge in [-0.15, -0.1) is 11.6 Å². The van der Waals surface area contributed by atoms with Gasteiger partial charge in [-0.1, -0.05) is 22.0 Å². The van der Waals surface area contributed by atoms with Crippen LogP contribution in [0, 0.1) is 18.3 Å². The molecule has 0 aliphatic rings. The second-order valence-corrected chi connectivity index (χ2v) is 5.82. The van der Waals surface area contributed by atoms with E-state index in [2.05, 4.69) is 27.0 Å². The van der Waals surface area contributed by atoms with Crippen LogP contribution in [0.5, 0.6) is 0 Å². The maximum absolute atomic E-state index is 9.11. The third-order valence-electron chi connectivity index (χ3n) is 3.45. The van der Waals surface area contributed by atoms with Crippen molar-refractivity contribution in [3.05, 3.63) is 57.8 Å². The van der Waals surface area contributed by atoms with E-state index in [-0.39, 0.29) is 0 Å². The van der Waals surface area contributed by atoms with E-state index < -0.39 is 0 Å². The third kappa shape index (κ3) is 2.33. The Morgan fingerprint density at radius 3 is 2.86 bits per heavy atom. The van der Waals surface area contributed by atoms with E-state index in [0.717, 1.165) is 32.6 Å². The van der Waals surface area contributed by atoms with Crippen molar-refractivity contribution in [2.45, 2.75) is 12.8 Å². The normalized spacial score (nSPS) is 10.8. The van der Waals surface area contributed by atoms with Crippen LogP contribution in [0.4, 0.5) is 0 Å². The van der Waals surface area contributed by atoms with Crippen LogP contribution in [0.3, 0.4) is 0 Å². The largest absolute Gasteiger partial charge is 0.295 e. The number of rotatable bonds is 2. The maximum atomic E-state index is 9.11. The Kier molecular flexibility index (Phi) is 3.71. The van der Waals surface area contributed by atoms with Crippen LogP contribution in [0.25, 0.3) is 16.7 Å². The standard InChI is InChI=1S/C16H11BrClN3/c1-10-12(17)3-2-4-14(10)21-15-7-11(9-19)5-6-13(15)20-16(21)8-18/h2-7H,8H2,1H3. The first-order chi connectivity index (χ1) is 10.2. The summed E-state index contributed by atoms with van der Waals surface area (Å²) in [6.45, 7) is 2.04. The van der Waals surface area contributed by atoms with Crippen LogP contribution in [-0.4, -0.2) is 9.55 Å². The van der Waals surface area contributed by atoms with E-state index in [1.807, 2.05) is 41.8 Å². The average molecular weight is 361 g/mol. The van der Waals surface area contributed by atoms with E-state index in [4.69, 9.17) is 16.9 Å². The summed E-state index contributed by atoms with van der Waals surface area (Å²) in [5.41, 5.74) is 4.45. The van der Waals surface area contributed by atoms with Gasteiger partial charge in [0.15, 0.2) is 0 Å². The Morgan fingerprint density at radius 1 is 1.33 bits per heavy atom. The zero-order valence-electron chi connectivity index (χ0n) is 11.3. The van der Waals surface area contributed by atoms with Gasteiger partial charge in [0, 0.05) is 4.47 Å². The van der Waals surface area contributed by atoms with Crippen molar-refractivity contribution in [1.29, 1.82) is 5.26 Å². The highest BCUT2D eigenvalue weighted by Crippen LogP contribution is 2.28. The Bertz CT molecular complexity index is 877. The Labute approximate surface area is 135 Å². The van der Waals surface area contributed by atoms with Crippen molar-refractivity contribution >= 4 is 38.6 Å². The fourth-order valence-electron chi connectivity index (χ4n) is 2.39. The van der Waals surface area contributed by atoms with Crippen LogP contribution in [-0.2, 0) is 5.88 Å². The van der Waals surface area contributed by atoms with Crippen molar-refractivity contribution in [3.8, 4) is 11.8 Å². The van der Waals surface area contributed by atoms with Crippen molar-refractivity contribution in [2.75, 3.05) is 0 Å². The summed E-state index contributed by atoms with van der Waals surface area (Å²) >= 11 is 9.61. The van der Waals surface area contributed by atoms with Crippen molar-refractivity contribution in [3.63, 3.8) is 0 Å². The summed E-state index contributed by atoms with van der Waals surface area (Å²) < 4.78 is 3.04. The molecule has 3 aromatic rings. The van der Waals surface area contributed by atoms with Gasteiger partial charge in [-0.3, -0.25) is 4.57 Å². The van der Waals surface area contributed by atoms with Gasteiger partial charge in [-0.2, -0.15) is 5.26 Å². The van der Waals surface area contributed by atoms with Crippen molar-refractivity contribution in [2.24, 2.45) is 0 Å². The highest BCUT2D eigenvalue weighted by atomic mass is 79.9. The SMILES string of the molecule is Cc1c(Br)cccc1-n1c(CCl)nc2ccc(C#N)cc21. The van der Waals surface area contributed by atoms with Gasteiger partial charge >= 0.3 is 0 Å². The number of imidazole rings is 1. The molecular formula is C16H11BrClN3. The molecule has 1 heterocycles. The van der Waals surface area contributed by atoms with E-state index in [0.29, 0.717) is 11.4 Å². The highest BCUT2D eigenvalue weighted by Gasteiger charge is 2.14. The monoisotopic (exact) mass is 359 g/mol. The molecule has 0 atom stereocenters. The van der Waals surface area contributed by atoms with Gasteiger partial charge in [0.25, 0.3) is 0 Å². The molecule has 0 spiro atoms. The number of fused-ring (bicyclic) bond motifs is 1. The Morgan fingerprint density at radius 2 is 2.14 bits per heavy atom. The molecule has 3 rings (SSSR count). The predicted molar refractivity (Wildman–Crippen MR) is 87.8 cm³/mol. The molecule has 0 N–H and O–H groups in total. The molecular weight excluding hydrogens is 350 g/mol. The van der Waals surface area contributed by atoms with Gasteiger partial charge in [0.1, 0.15) is 5.82 Å². The van der Waals surface area contributed by atoms with Crippen molar-refractivity contribution in [1.82, 2.24) is 9.55 Å². The molecule has 0 aliphatic carbocycles. The Balaban J connectivity index is 2.39. The summed E-state index contributed by atoms with van der Waals surface area (Å²) in [4.78, 5) is 4.56. The molecule has 0 saturated carbocycles. The second-order valence-electron chi connectivity index (χ2n) is 4.70. The minimum Gasteiger partial charge on any atom is -0.295 e. The molecule has 1 aromatic heterocycles. The molecule has 2 aromatic carbocycles. The number of nitrogens with zero attached hydrogens (tertiary/aromatic N) is 3. The van der Waals surface area contributed by atoms with Crippen LogP contribution in [0.15, 0.2) is 40.9 Å². The number of nitriles is 1. The lowest BCUT2D eigenvalue weighted by Gasteiger charge is -2.12. The van der Waals surface area contributed by atoms with Crippen LogP contribution < -0.4 is 0 Å². The van der Waals surface area contributed by atoms with Crippen LogP contribution in [0.1, 0.15) is 17.0 Å². The Hall–Kier alpha value is -1.83. The molecule has 3 nitrogen and oxygen atoms in total. The minimum atomic E-state index is 0.308. The predicted octanol–water partition coefficient (Wildman–Crippen LogP) is 4.71. The summed E-state index contributed by atoms with van der Waals surface area (Å²) in [5, 5.41) is 9.11. The number of hydrogen-bond donors (Lipinski definition) is 0. The molecule has 0 unspecified atom stereocenters. The zero-order chi connectivity index (χ0) is 15.0. The number of aromatic nitrogens is 2. The van der Waals surface area contributed by atoms with E-state index in [9.17, 15) is 0 Å². The van der Waals surface area contributed by atoms with Gasteiger partial charge < -0.3 is 0 Å². The lowest BCUT2D eigenvalue weighted by Crippen LogP contribution is -2.02. The van der Waals surface area contributed by atoms with E-state index in [1.54, 1.807) is 6.07 Å². The second kappa shape index (κ2) is 5.51. The van der Waals surface area contributed by atoms with Crippen molar-refractivity contribution < 1.29 is 0 Å². The lowest BCUT2D eigenvalue weighted by molar-refractivity contribution is 0.970.